The Morgan fingerprint density at radius 1 is 0.971 bits per heavy atom. The monoisotopic (exact) mass is 482 g/mol. The van der Waals surface area contributed by atoms with E-state index in [0.717, 1.165) is 16.3 Å². The molecule has 174 valence electrons. The predicted molar refractivity (Wildman–Crippen MR) is 140 cm³/mol. The van der Waals surface area contributed by atoms with Crippen molar-refractivity contribution in [2.24, 2.45) is 0 Å². The van der Waals surface area contributed by atoms with Gasteiger partial charge in [0.05, 0.1) is 11.6 Å². The Balaban J connectivity index is 1.56. The molecule has 0 heterocycles. The zero-order chi connectivity index (χ0) is 24.6. The molecular formula is C29H23ClN2O3. The van der Waals surface area contributed by atoms with E-state index in [1.807, 2.05) is 37.3 Å². The van der Waals surface area contributed by atoms with Crippen LogP contribution in [-0.2, 0) is 11.4 Å². The summed E-state index contributed by atoms with van der Waals surface area (Å²) in [4.78, 5) is 12.6. The Labute approximate surface area is 209 Å². The first kappa shape index (κ1) is 23.9. The van der Waals surface area contributed by atoms with Gasteiger partial charge in [0.15, 0.2) is 11.5 Å². The van der Waals surface area contributed by atoms with Gasteiger partial charge in [0, 0.05) is 5.69 Å². The van der Waals surface area contributed by atoms with Gasteiger partial charge in [-0.05, 0) is 65.2 Å². The maximum Gasteiger partial charge on any atom is 0.266 e. The molecule has 0 aliphatic rings. The maximum atomic E-state index is 12.6. The van der Waals surface area contributed by atoms with Crippen LogP contribution in [0.3, 0.4) is 0 Å². The van der Waals surface area contributed by atoms with Crippen molar-refractivity contribution in [1.29, 1.82) is 5.26 Å². The summed E-state index contributed by atoms with van der Waals surface area (Å²) in [5, 5.41) is 14.9. The number of hydrogen-bond acceptors (Lipinski definition) is 4. The molecule has 4 rings (SSSR count). The van der Waals surface area contributed by atoms with E-state index in [9.17, 15) is 10.1 Å². The lowest BCUT2D eigenvalue weighted by molar-refractivity contribution is -0.112. The van der Waals surface area contributed by atoms with E-state index in [1.54, 1.807) is 36.4 Å². The van der Waals surface area contributed by atoms with Crippen LogP contribution >= 0.6 is 11.6 Å². The molecule has 6 heteroatoms. The van der Waals surface area contributed by atoms with Crippen molar-refractivity contribution in [1.82, 2.24) is 0 Å². The van der Waals surface area contributed by atoms with Crippen LogP contribution in [0.1, 0.15) is 18.1 Å². The lowest BCUT2D eigenvalue weighted by Gasteiger charge is -2.15. The molecule has 0 aliphatic carbocycles. The number of ether oxygens (including phenoxy) is 2. The average molecular weight is 483 g/mol. The highest BCUT2D eigenvalue weighted by molar-refractivity contribution is 6.32. The molecule has 0 aromatic heterocycles. The molecular weight excluding hydrogens is 460 g/mol. The molecule has 1 amide bonds. The van der Waals surface area contributed by atoms with Gasteiger partial charge in [-0.15, -0.1) is 0 Å². The zero-order valence-electron chi connectivity index (χ0n) is 19.1. The summed E-state index contributed by atoms with van der Waals surface area (Å²) >= 11 is 6.55. The van der Waals surface area contributed by atoms with Crippen molar-refractivity contribution >= 4 is 40.0 Å². The predicted octanol–water partition coefficient (Wildman–Crippen LogP) is 7.02. The fraction of sp³-hybridized carbons (Fsp3) is 0.103. The van der Waals surface area contributed by atoms with Crippen LogP contribution in [0.5, 0.6) is 11.5 Å². The van der Waals surface area contributed by atoms with Crippen LogP contribution in [0.15, 0.2) is 90.5 Å². The third-order valence-electron chi connectivity index (χ3n) is 5.24. The molecule has 0 aliphatic heterocycles. The molecule has 0 bridgehead atoms. The van der Waals surface area contributed by atoms with Gasteiger partial charge in [0.2, 0.25) is 0 Å². The van der Waals surface area contributed by atoms with Gasteiger partial charge < -0.3 is 14.8 Å². The van der Waals surface area contributed by atoms with E-state index >= 15 is 0 Å². The van der Waals surface area contributed by atoms with Crippen molar-refractivity contribution in [2.45, 2.75) is 13.5 Å². The zero-order valence-corrected chi connectivity index (χ0v) is 19.9. The summed E-state index contributed by atoms with van der Waals surface area (Å²) in [7, 11) is 0. The minimum atomic E-state index is -0.510. The first-order valence-corrected chi connectivity index (χ1v) is 11.5. The van der Waals surface area contributed by atoms with Gasteiger partial charge >= 0.3 is 0 Å². The summed E-state index contributed by atoms with van der Waals surface area (Å²) < 4.78 is 11.8. The first-order chi connectivity index (χ1) is 17.1. The van der Waals surface area contributed by atoms with E-state index in [1.165, 1.54) is 6.08 Å². The van der Waals surface area contributed by atoms with E-state index in [0.29, 0.717) is 41.0 Å². The SMILES string of the molecule is CCOc1cc(/C=C(\C#N)C(=O)Nc2ccccc2)cc(Cl)c1OCc1ccc2ccccc2c1. The second-order valence-corrected chi connectivity index (χ2v) is 8.13. The second-order valence-electron chi connectivity index (χ2n) is 7.72. The number of nitrogens with one attached hydrogen (secondary N) is 1. The van der Waals surface area contributed by atoms with Crippen LogP contribution in [0.25, 0.3) is 16.8 Å². The average Bonchev–Trinajstić information content (AvgIpc) is 2.87. The van der Waals surface area contributed by atoms with Crippen LogP contribution in [0, 0.1) is 11.3 Å². The fourth-order valence-corrected chi connectivity index (χ4v) is 3.87. The minimum Gasteiger partial charge on any atom is -0.490 e. The fourth-order valence-electron chi connectivity index (χ4n) is 3.59. The number of benzene rings is 4. The van der Waals surface area contributed by atoms with Crippen LogP contribution in [0.4, 0.5) is 5.69 Å². The van der Waals surface area contributed by atoms with Crippen molar-refractivity contribution in [2.75, 3.05) is 11.9 Å². The quantitative estimate of drug-likeness (QED) is 0.216. The topological polar surface area (TPSA) is 71.3 Å². The van der Waals surface area contributed by atoms with Crippen LogP contribution in [-0.4, -0.2) is 12.5 Å². The molecule has 0 spiro atoms. The molecule has 1 N–H and O–H groups in total. The number of rotatable bonds is 8. The Morgan fingerprint density at radius 2 is 1.71 bits per heavy atom. The summed E-state index contributed by atoms with van der Waals surface area (Å²) in [6, 6.07) is 28.5. The number of hydrogen-bond donors (Lipinski definition) is 1. The lowest BCUT2D eigenvalue weighted by Crippen LogP contribution is -2.13. The summed E-state index contributed by atoms with van der Waals surface area (Å²) in [6.45, 7) is 2.57. The Hall–Kier alpha value is -4.27. The molecule has 0 saturated heterocycles. The summed E-state index contributed by atoms with van der Waals surface area (Å²) in [6.07, 6.45) is 1.47. The lowest BCUT2D eigenvalue weighted by atomic mass is 10.1. The van der Waals surface area contributed by atoms with Crippen molar-refractivity contribution in [3.05, 3.63) is 107 Å². The molecule has 0 saturated carbocycles. The summed E-state index contributed by atoms with van der Waals surface area (Å²) in [5.41, 5.74) is 2.09. The number of carbonyl (C=O) groups excluding carboxylic acids is 1. The number of halogens is 1. The van der Waals surface area contributed by atoms with Gasteiger partial charge in [-0.1, -0.05) is 66.2 Å². The number of anilines is 1. The second kappa shape index (κ2) is 11.2. The number of nitrogens with zero attached hydrogens (tertiary/aromatic N) is 1. The standard InChI is InChI=1S/C29H23ClN2O3/c1-2-34-27-17-21(15-24(18-31)29(33)32-25-10-4-3-5-11-25)16-26(30)28(27)35-19-20-12-13-22-8-6-7-9-23(22)14-20/h3-17H,2,19H2,1H3,(H,32,33)/b24-15+. The third kappa shape index (κ3) is 6.00. The molecule has 0 radical (unpaired) electrons. The highest BCUT2D eigenvalue weighted by Gasteiger charge is 2.15. The van der Waals surface area contributed by atoms with E-state index in [4.69, 9.17) is 21.1 Å². The van der Waals surface area contributed by atoms with Crippen molar-refractivity contribution in [3.63, 3.8) is 0 Å². The van der Waals surface area contributed by atoms with E-state index in [2.05, 4.69) is 29.6 Å². The number of fused-ring (bicyclic) bond motifs is 1. The number of nitriles is 1. The van der Waals surface area contributed by atoms with Crippen LogP contribution in [0.2, 0.25) is 5.02 Å². The Bertz CT molecular complexity index is 1430. The first-order valence-electron chi connectivity index (χ1n) is 11.1. The van der Waals surface area contributed by atoms with E-state index < -0.39 is 5.91 Å². The Morgan fingerprint density at radius 3 is 2.46 bits per heavy atom. The van der Waals surface area contributed by atoms with Crippen molar-refractivity contribution in [3.8, 4) is 17.6 Å². The van der Waals surface area contributed by atoms with Crippen LogP contribution < -0.4 is 14.8 Å². The van der Waals surface area contributed by atoms with Gasteiger partial charge in [0.25, 0.3) is 5.91 Å². The molecule has 0 fully saturated rings. The molecule has 4 aromatic carbocycles. The Kier molecular flexibility index (Phi) is 7.67. The normalized spacial score (nSPS) is 11.1. The van der Waals surface area contributed by atoms with Crippen molar-refractivity contribution < 1.29 is 14.3 Å². The van der Waals surface area contributed by atoms with Gasteiger partial charge in [-0.3, -0.25) is 4.79 Å². The molecule has 0 atom stereocenters. The largest absolute Gasteiger partial charge is 0.490 e. The highest BCUT2D eigenvalue weighted by atomic mass is 35.5. The number of amides is 1. The minimum absolute atomic E-state index is 0.0581. The molecule has 0 unspecified atom stereocenters. The molecule has 35 heavy (non-hydrogen) atoms. The highest BCUT2D eigenvalue weighted by Crippen LogP contribution is 2.38. The molecule has 5 nitrogen and oxygen atoms in total. The maximum absolute atomic E-state index is 12.6. The number of carbonyl (C=O) groups is 1. The number of para-hydroxylation sites is 1. The van der Waals surface area contributed by atoms with Gasteiger partial charge in [0.1, 0.15) is 18.2 Å². The van der Waals surface area contributed by atoms with Gasteiger partial charge in [-0.25, -0.2) is 0 Å². The van der Waals surface area contributed by atoms with Gasteiger partial charge in [-0.2, -0.15) is 5.26 Å². The summed E-state index contributed by atoms with van der Waals surface area (Å²) in [5.74, 6) is 0.336. The smallest absolute Gasteiger partial charge is 0.266 e. The third-order valence-corrected chi connectivity index (χ3v) is 5.52. The van der Waals surface area contributed by atoms with E-state index in [-0.39, 0.29) is 5.57 Å². The molecule has 4 aromatic rings.